The number of primary amides is 1. The summed E-state index contributed by atoms with van der Waals surface area (Å²) in [5, 5.41) is 4.69. The van der Waals surface area contributed by atoms with Gasteiger partial charge in [-0.3, -0.25) is 25.0 Å². The maximum atomic E-state index is 11.0. The highest BCUT2D eigenvalue weighted by Crippen LogP contribution is 2.25. The van der Waals surface area contributed by atoms with Gasteiger partial charge < -0.3 is 5.73 Å². The molecule has 0 atom stereocenters. The van der Waals surface area contributed by atoms with Crippen LogP contribution in [0.4, 0.5) is 0 Å². The van der Waals surface area contributed by atoms with Crippen LogP contribution in [0.1, 0.15) is 25.7 Å². The molecule has 0 unspecified atom stereocenters. The summed E-state index contributed by atoms with van der Waals surface area (Å²) in [4.78, 5) is 37.0. The Hall–Kier alpha value is -1.92. The largest absolute Gasteiger partial charge is 0.369 e. The average Bonchev–Trinajstić information content (AvgIpc) is 2.58. The fourth-order valence-electron chi connectivity index (χ4n) is 2.10. The number of nitrogens with two attached hydrogens (primary N) is 1. The summed E-state index contributed by atoms with van der Waals surface area (Å²) >= 11 is 0. The average molecular weight is 238 g/mol. The topological polar surface area (TPSA) is 114 Å². The van der Waals surface area contributed by atoms with E-state index in [1.807, 2.05) is 0 Å². The highest BCUT2D eigenvalue weighted by Gasteiger charge is 2.28. The molecule has 1 saturated carbocycles. The molecule has 0 bridgehead atoms. The lowest BCUT2D eigenvalue weighted by Crippen LogP contribution is -2.32. The molecule has 4 N–H and O–H groups in total. The molecule has 1 heterocycles. The number of carbonyl (C=O) groups is 3. The van der Waals surface area contributed by atoms with E-state index in [9.17, 15) is 14.4 Å². The predicted octanol–water partition coefficient (Wildman–Crippen LogP) is -1.37. The minimum atomic E-state index is -0.686. The Morgan fingerprint density at radius 2 is 1.65 bits per heavy atom. The molecule has 0 aromatic carbocycles. The second-order valence-electron chi connectivity index (χ2n) is 4.29. The van der Waals surface area contributed by atoms with Gasteiger partial charge in [0, 0.05) is 5.92 Å². The summed E-state index contributed by atoms with van der Waals surface area (Å²) in [6, 6.07) is 0.0271. The number of guanidine groups is 1. The standard InChI is InChI=1S/C10H14N4O3/c11-7(15)5-1-3-6(4-2-5)12-10-13-8(16)9(17)14-10/h5-6H,1-4H2,(H2,11,15)(H2,12,13,14,16,17). The van der Waals surface area contributed by atoms with Crippen LogP contribution in [0, 0.1) is 5.92 Å². The molecule has 2 aliphatic rings. The van der Waals surface area contributed by atoms with Crippen LogP contribution in [-0.4, -0.2) is 29.7 Å². The van der Waals surface area contributed by atoms with Crippen LogP contribution in [0.5, 0.6) is 0 Å². The van der Waals surface area contributed by atoms with E-state index in [1.165, 1.54) is 0 Å². The van der Waals surface area contributed by atoms with Crippen molar-refractivity contribution in [1.29, 1.82) is 0 Å². The third kappa shape index (κ3) is 2.61. The van der Waals surface area contributed by atoms with Crippen molar-refractivity contribution < 1.29 is 14.4 Å². The monoisotopic (exact) mass is 238 g/mol. The van der Waals surface area contributed by atoms with E-state index < -0.39 is 11.8 Å². The Kier molecular flexibility index (Phi) is 3.08. The molecular formula is C10H14N4O3. The van der Waals surface area contributed by atoms with Gasteiger partial charge in [-0.1, -0.05) is 0 Å². The van der Waals surface area contributed by atoms with Crippen LogP contribution >= 0.6 is 0 Å². The van der Waals surface area contributed by atoms with Crippen LogP contribution < -0.4 is 16.4 Å². The number of aliphatic imine (C=N–C) groups is 1. The van der Waals surface area contributed by atoms with Gasteiger partial charge in [0.15, 0.2) is 0 Å². The van der Waals surface area contributed by atoms with E-state index in [1.54, 1.807) is 0 Å². The van der Waals surface area contributed by atoms with Crippen molar-refractivity contribution in [3.63, 3.8) is 0 Å². The van der Waals surface area contributed by atoms with Crippen LogP contribution in [-0.2, 0) is 14.4 Å². The van der Waals surface area contributed by atoms with Crippen LogP contribution in [0.25, 0.3) is 0 Å². The van der Waals surface area contributed by atoms with E-state index in [-0.39, 0.29) is 23.8 Å². The van der Waals surface area contributed by atoms with E-state index >= 15 is 0 Å². The zero-order chi connectivity index (χ0) is 12.4. The van der Waals surface area contributed by atoms with E-state index in [4.69, 9.17) is 5.73 Å². The summed E-state index contributed by atoms with van der Waals surface area (Å²) in [7, 11) is 0. The molecule has 2 rings (SSSR count). The number of hydrogen-bond donors (Lipinski definition) is 3. The molecule has 17 heavy (non-hydrogen) atoms. The number of nitrogens with one attached hydrogen (secondary N) is 2. The van der Waals surface area contributed by atoms with Crippen molar-refractivity contribution in [3.8, 4) is 0 Å². The van der Waals surface area contributed by atoms with Crippen molar-refractivity contribution in [1.82, 2.24) is 10.6 Å². The molecule has 0 aromatic rings. The fourth-order valence-corrected chi connectivity index (χ4v) is 2.10. The number of nitrogens with zero attached hydrogens (tertiary/aromatic N) is 1. The van der Waals surface area contributed by atoms with Crippen molar-refractivity contribution in [2.45, 2.75) is 31.7 Å². The highest BCUT2D eigenvalue weighted by atomic mass is 16.2. The summed E-state index contributed by atoms with van der Waals surface area (Å²) in [5.41, 5.74) is 5.22. The fraction of sp³-hybridized carbons (Fsp3) is 0.600. The number of rotatable bonds is 2. The summed E-state index contributed by atoms with van der Waals surface area (Å²) in [5.74, 6) is -1.50. The van der Waals surface area contributed by atoms with Crippen molar-refractivity contribution in [2.75, 3.05) is 0 Å². The van der Waals surface area contributed by atoms with E-state index in [0.29, 0.717) is 12.8 Å². The normalized spacial score (nSPS) is 28.6. The molecule has 7 nitrogen and oxygen atoms in total. The highest BCUT2D eigenvalue weighted by molar-refractivity contribution is 6.45. The van der Waals surface area contributed by atoms with Gasteiger partial charge in [-0.15, -0.1) is 0 Å². The van der Waals surface area contributed by atoms with Gasteiger partial charge in [0.2, 0.25) is 11.9 Å². The molecule has 0 aromatic heterocycles. The minimum Gasteiger partial charge on any atom is -0.369 e. The lowest BCUT2D eigenvalue weighted by molar-refractivity contribution is -0.135. The Morgan fingerprint density at radius 1 is 1.12 bits per heavy atom. The van der Waals surface area contributed by atoms with Gasteiger partial charge in [0.25, 0.3) is 0 Å². The molecule has 1 aliphatic heterocycles. The first kappa shape index (κ1) is 11.6. The number of carbonyl (C=O) groups excluding carboxylic acids is 3. The zero-order valence-electron chi connectivity index (χ0n) is 9.23. The molecule has 3 amide bonds. The quantitative estimate of drug-likeness (QED) is 0.516. The number of hydrogen-bond acceptors (Lipinski definition) is 4. The molecule has 1 aliphatic carbocycles. The second kappa shape index (κ2) is 4.52. The predicted molar refractivity (Wildman–Crippen MR) is 58.7 cm³/mol. The van der Waals surface area contributed by atoms with Crippen LogP contribution in [0.15, 0.2) is 4.99 Å². The van der Waals surface area contributed by atoms with Crippen molar-refractivity contribution in [3.05, 3.63) is 0 Å². The lowest BCUT2D eigenvalue weighted by Gasteiger charge is -2.23. The second-order valence-corrected chi connectivity index (χ2v) is 4.29. The van der Waals surface area contributed by atoms with Gasteiger partial charge >= 0.3 is 11.8 Å². The maximum Gasteiger partial charge on any atom is 0.316 e. The van der Waals surface area contributed by atoms with Gasteiger partial charge in [-0.2, -0.15) is 0 Å². The Balaban J connectivity index is 1.90. The van der Waals surface area contributed by atoms with Gasteiger partial charge in [-0.05, 0) is 25.7 Å². The Morgan fingerprint density at radius 3 is 2.12 bits per heavy atom. The first-order valence-corrected chi connectivity index (χ1v) is 5.55. The van der Waals surface area contributed by atoms with Crippen LogP contribution in [0.2, 0.25) is 0 Å². The minimum absolute atomic E-state index is 0.0271. The van der Waals surface area contributed by atoms with Gasteiger partial charge in [0.1, 0.15) is 0 Å². The summed E-state index contributed by atoms with van der Waals surface area (Å²) in [6.07, 6.45) is 2.89. The smallest absolute Gasteiger partial charge is 0.316 e. The SMILES string of the molecule is NC(=O)C1CCC(N=C2NC(=O)C(=O)N2)CC1. The molecule has 1 saturated heterocycles. The third-order valence-corrected chi connectivity index (χ3v) is 3.08. The van der Waals surface area contributed by atoms with E-state index in [0.717, 1.165) is 12.8 Å². The Labute approximate surface area is 97.8 Å². The maximum absolute atomic E-state index is 11.0. The first-order chi connectivity index (χ1) is 8.06. The molecule has 92 valence electrons. The zero-order valence-corrected chi connectivity index (χ0v) is 9.23. The molecule has 0 spiro atoms. The molecule has 0 radical (unpaired) electrons. The Bertz CT molecular complexity index is 378. The summed E-state index contributed by atoms with van der Waals surface area (Å²) in [6.45, 7) is 0. The molecular weight excluding hydrogens is 224 g/mol. The molecule has 2 fully saturated rings. The van der Waals surface area contributed by atoms with Gasteiger partial charge in [-0.25, -0.2) is 4.99 Å². The van der Waals surface area contributed by atoms with Crippen molar-refractivity contribution in [2.24, 2.45) is 16.6 Å². The summed E-state index contributed by atoms with van der Waals surface area (Å²) < 4.78 is 0. The number of amides is 3. The van der Waals surface area contributed by atoms with Crippen LogP contribution in [0.3, 0.4) is 0 Å². The van der Waals surface area contributed by atoms with E-state index in [2.05, 4.69) is 15.6 Å². The first-order valence-electron chi connectivity index (χ1n) is 5.55. The third-order valence-electron chi connectivity index (χ3n) is 3.08. The molecule has 7 heteroatoms. The van der Waals surface area contributed by atoms with Gasteiger partial charge in [0.05, 0.1) is 6.04 Å². The lowest BCUT2D eigenvalue weighted by atomic mass is 9.86. The van der Waals surface area contributed by atoms with Crippen molar-refractivity contribution >= 4 is 23.7 Å².